The van der Waals surface area contributed by atoms with Crippen molar-refractivity contribution in [1.29, 1.82) is 0 Å². The molecule has 2 aromatic heterocycles. The van der Waals surface area contributed by atoms with Crippen molar-refractivity contribution in [3.05, 3.63) is 84.3 Å². The summed E-state index contributed by atoms with van der Waals surface area (Å²) >= 11 is 0. The van der Waals surface area contributed by atoms with E-state index in [1.54, 1.807) is 24.4 Å². The van der Waals surface area contributed by atoms with Crippen LogP contribution in [0.1, 0.15) is 35.7 Å². The van der Waals surface area contributed by atoms with Crippen LogP contribution in [-0.4, -0.2) is 23.3 Å². The molecule has 7 heteroatoms. The number of amides is 1. The van der Waals surface area contributed by atoms with Gasteiger partial charge in [-0.3, -0.25) is 4.79 Å². The molecule has 2 aromatic carbocycles. The third-order valence-electron chi connectivity index (χ3n) is 4.86. The van der Waals surface area contributed by atoms with Crippen molar-refractivity contribution in [1.82, 2.24) is 8.96 Å². The van der Waals surface area contributed by atoms with Crippen LogP contribution in [0.15, 0.2) is 78.1 Å². The van der Waals surface area contributed by atoms with Crippen LogP contribution >= 0.6 is 0 Å². The van der Waals surface area contributed by atoms with Gasteiger partial charge < -0.3 is 10.3 Å². The minimum absolute atomic E-state index is 0.164. The molecule has 4 rings (SSSR count). The Labute approximate surface area is 169 Å². The smallest absolute Gasteiger partial charge is 0.267 e. The van der Waals surface area contributed by atoms with Gasteiger partial charge in [-0.1, -0.05) is 32.0 Å². The lowest BCUT2D eigenvalue weighted by Gasteiger charge is -2.13. The van der Waals surface area contributed by atoms with E-state index in [9.17, 15) is 13.2 Å². The van der Waals surface area contributed by atoms with Crippen molar-refractivity contribution in [2.75, 3.05) is 5.32 Å². The number of anilines is 1. The zero-order valence-corrected chi connectivity index (χ0v) is 16.9. The maximum Gasteiger partial charge on any atom is 0.267 e. The number of aromatic amines is 1. The molecule has 0 aliphatic carbocycles. The Balaban J connectivity index is 1.61. The average molecular weight is 407 g/mol. The van der Waals surface area contributed by atoms with Gasteiger partial charge in [0.1, 0.15) is 0 Å². The van der Waals surface area contributed by atoms with Gasteiger partial charge in [0.2, 0.25) is 0 Å². The average Bonchev–Trinajstić information content (AvgIpc) is 3.37. The van der Waals surface area contributed by atoms with E-state index >= 15 is 0 Å². The first kappa shape index (κ1) is 19.0. The predicted molar refractivity (Wildman–Crippen MR) is 114 cm³/mol. The molecule has 29 heavy (non-hydrogen) atoms. The third kappa shape index (κ3) is 3.56. The van der Waals surface area contributed by atoms with Crippen molar-refractivity contribution >= 4 is 32.5 Å². The largest absolute Gasteiger partial charge is 0.361 e. The number of para-hydroxylation sites is 1. The molecule has 6 nitrogen and oxygen atoms in total. The molecule has 0 atom stereocenters. The molecule has 4 aromatic rings. The maximum absolute atomic E-state index is 13.0. The van der Waals surface area contributed by atoms with E-state index in [-0.39, 0.29) is 22.3 Å². The predicted octanol–water partition coefficient (Wildman–Crippen LogP) is 4.58. The molecule has 0 bridgehead atoms. The highest BCUT2D eigenvalue weighted by molar-refractivity contribution is 7.90. The van der Waals surface area contributed by atoms with Crippen LogP contribution in [0.2, 0.25) is 0 Å². The quantitative estimate of drug-likeness (QED) is 0.508. The molecule has 0 saturated heterocycles. The lowest BCUT2D eigenvalue weighted by Crippen LogP contribution is -2.14. The van der Waals surface area contributed by atoms with Gasteiger partial charge in [0, 0.05) is 35.2 Å². The van der Waals surface area contributed by atoms with Gasteiger partial charge in [-0.2, -0.15) is 0 Å². The number of rotatable bonds is 5. The van der Waals surface area contributed by atoms with E-state index in [0.717, 1.165) is 26.1 Å². The van der Waals surface area contributed by atoms with Crippen molar-refractivity contribution in [2.45, 2.75) is 24.7 Å². The molecule has 0 aliphatic heterocycles. The molecule has 0 aliphatic rings. The molecule has 0 radical (unpaired) electrons. The van der Waals surface area contributed by atoms with E-state index < -0.39 is 10.0 Å². The summed E-state index contributed by atoms with van der Waals surface area (Å²) in [5.41, 5.74) is 2.88. The van der Waals surface area contributed by atoms with Crippen molar-refractivity contribution in [3.63, 3.8) is 0 Å². The van der Waals surface area contributed by atoms with Gasteiger partial charge in [-0.25, -0.2) is 12.4 Å². The highest BCUT2D eigenvalue weighted by Crippen LogP contribution is 2.25. The van der Waals surface area contributed by atoms with Crippen LogP contribution in [0.3, 0.4) is 0 Å². The highest BCUT2D eigenvalue weighted by atomic mass is 32.2. The number of H-pyrrole nitrogens is 1. The Morgan fingerprint density at radius 1 is 1.07 bits per heavy atom. The minimum Gasteiger partial charge on any atom is -0.361 e. The van der Waals surface area contributed by atoms with Crippen molar-refractivity contribution < 1.29 is 13.2 Å². The fourth-order valence-corrected chi connectivity index (χ4v) is 4.52. The lowest BCUT2D eigenvalue weighted by molar-refractivity contribution is 0.102. The summed E-state index contributed by atoms with van der Waals surface area (Å²) in [7, 11) is -3.79. The van der Waals surface area contributed by atoms with Gasteiger partial charge in [0.15, 0.2) is 0 Å². The number of nitrogens with zero attached hydrogens (tertiary/aromatic N) is 1. The molecule has 0 spiro atoms. The second-order valence-corrected chi connectivity index (χ2v) is 9.00. The monoisotopic (exact) mass is 407 g/mol. The SMILES string of the molecule is CC(C)c1ccccc1NC(=O)c1ccn(S(=O)(=O)c2ccc3[nH]ccc3c2)c1. The normalized spacial score (nSPS) is 11.8. The number of aromatic nitrogens is 2. The Bertz CT molecular complexity index is 1300. The van der Waals surface area contributed by atoms with Crippen LogP contribution in [0.5, 0.6) is 0 Å². The van der Waals surface area contributed by atoms with E-state index in [1.807, 2.05) is 30.3 Å². The Kier molecular flexibility index (Phi) is 4.76. The van der Waals surface area contributed by atoms with Crippen molar-refractivity contribution in [3.8, 4) is 0 Å². The van der Waals surface area contributed by atoms with Crippen LogP contribution in [0.4, 0.5) is 5.69 Å². The summed E-state index contributed by atoms with van der Waals surface area (Å²) in [6, 6.07) is 15.8. The lowest BCUT2D eigenvalue weighted by atomic mass is 10.0. The zero-order chi connectivity index (χ0) is 20.6. The topological polar surface area (TPSA) is 84.0 Å². The summed E-state index contributed by atoms with van der Waals surface area (Å²) in [6.45, 7) is 4.10. The van der Waals surface area contributed by atoms with Gasteiger partial charge in [0.25, 0.3) is 15.9 Å². The van der Waals surface area contributed by atoms with Crippen LogP contribution < -0.4 is 5.32 Å². The number of carbonyl (C=O) groups excluding carboxylic acids is 1. The van der Waals surface area contributed by atoms with Crippen LogP contribution in [0.25, 0.3) is 10.9 Å². The van der Waals surface area contributed by atoms with Gasteiger partial charge in [0.05, 0.1) is 10.5 Å². The van der Waals surface area contributed by atoms with Gasteiger partial charge >= 0.3 is 0 Å². The van der Waals surface area contributed by atoms with Crippen LogP contribution in [-0.2, 0) is 10.0 Å². The summed E-state index contributed by atoms with van der Waals surface area (Å²) < 4.78 is 27.0. The number of fused-ring (bicyclic) bond motifs is 1. The fraction of sp³-hybridized carbons (Fsp3) is 0.136. The standard InChI is InChI=1S/C22H21N3O3S/c1-15(2)19-5-3-4-6-21(19)24-22(26)17-10-12-25(14-17)29(27,28)18-7-8-20-16(13-18)9-11-23-20/h3-15,23H,1-2H3,(H,24,26). The summed E-state index contributed by atoms with van der Waals surface area (Å²) in [4.78, 5) is 15.9. The summed E-state index contributed by atoms with van der Waals surface area (Å²) in [5.74, 6) is -0.104. The minimum atomic E-state index is -3.79. The molecule has 0 fully saturated rings. The number of hydrogen-bond donors (Lipinski definition) is 2. The Morgan fingerprint density at radius 2 is 1.86 bits per heavy atom. The molecule has 1 amide bonds. The van der Waals surface area contributed by atoms with E-state index in [1.165, 1.54) is 18.5 Å². The fourth-order valence-electron chi connectivity index (χ4n) is 3.28. The maximum atomic E-state index is 13.0. The number of hydrogen-bond acceptors (Lipinski definition) is 3. The molecule has 2 N–H and O–H groups in total. The highest BCUT2D eigenvalue weighted by Gasteiger charge is 2.19. The summed E-state index contributed by atoms with van der Waals surface area (Å²) in [5, 5.41) is 3.69. The molecular formula is C22H21N3O3S. The van der Waals surface area contributed by atoms with E-state index in [2.05, 4.69) is 24.1 Å². The second-order valence-electron chi connectivity index (χ2n) is 7.16. The molecule has 0 saturated carbocycles. The third-order valence-corrected chi connectivity index (χ3v) is 6.49. The van der Waals surface area contributed by atoms with E-state index in [4.69, 9.17) is 0 Å². The first-order chi connectivity index (χ1) is 13.9. The number of benzene rings is 2. The Morgan fingerprint density at radius 3 is 2.66 bits per heavy atom. The van der Waals surface area contributed by atoms with E-state index in [0.29, 0.717) is 0 Å². The second kappa shape index (κ2) is 7.25. The van der Waals surface area contributed by atoms with Gasteiger partial charge in [-0.15, -0.1) is 0 Å². The first-order valence-corrected chi connectivity index (χ1v) is 10.7. The molecular weight excluding hydrogens is 386 g/mol. The number of nitrogens with one attached hydrogen (secondary N) is 2. The zero-order valence-electron chi connectivity index (χ0n) is 16.1. The Hall–Kier alpha value is -3.32. The van der Waals surface area contributed by atoms with Crippen molar-refractivity contribution in [2.24, 2.45) is 0 Å². The first-order valence-electron chi connectivity index (χ1n) is 9.27. The van der Waals surface area contributed by atoms with Gasteiger partial charge in [-0.05, 0) is 47.9 Å². The van der Waals surface area contributed by atoms with Crippen LogP contribution in [0, 0.1) is 0 Å². The summed E-state index contributed by atoms with van der Waals surface area (Å²) in [6.07, 6.45) is 4.48. The molecule has 2 heterocycles. The molecule has 148 valence electrons. The number of carbonyl (C=O) groups is 1. The molecule has 0 unspecified atom stereocenters.